The van der Waals surface area contributed by atoms with Crippen molar-refractivity contribution in [2.24, 2.45) is 5.41 Å². The molecule has 1 saturated heterocycles. The minimum Gasteiger partial charge on any atom is -0.480 e. The van der Waals surface area contributed by atoms with E-state index in [9.17, 15) is 15.2 Å². The molecular formula is C23H22Cl2F2N2O2. The summed E-state index contributed by atoms with van der Waals surface area (Å²) in [7, 11) is 0. The number of benzene rings is 2. The molecule has 0 saturated carbocycles. The van der Waals surface area contributed by atoms with Crippen LogP contribution in [-0.4, -0.2) is 23.2 Å². The van der Waals surface area contributed by atoms with Crippen LogP contribution >= 0.6 is 23.2 Å². The average Bonchev–Trinajstić information content (AvgIpc) is 2.97. The first-order chi connectivity index (χ1) is 14.4. The molecule has 0 aromatic heterocycles. The van der Waals surface area contributed by atoms with Crippen molar-refractivity contribution in [3.05, 3.63) is 69.2 Å². The van der Waals surface area contributed by atoms with E-state index in [-0.39, 0.29) is 26.6 Å². The van der Waals surface area contributed by atoms with Crippen molar-refractivity contribution < 1.29 is 18.7 Å². The molecule has 164 valence electrons. The van der Waals surface area contributed by atoms with E-state index in [1.54, 1.807) is 0 Å². The Bertz CT molecular complexity index is 1060. The third kappa shape index (κ3) is 4.15. The monoisotopic (exact) mass is 466 g/mol. The summed E-state index contributed by atoms with van der Waals surface area (Å²) >= 11 is 11.9. The van der Waals surface area contributed by atoms with Crippen molar-refractivity contribution in [1.29, 1.82) is 5.26 Å². The predicted molar refractivity (Wildman–Crippen MR) is 115 cm³/mol. The number of carboxylic acid groups (broad SMARTS) is 1. The van der Waals surface area contributed by atoms with Crippen molar-refractivity contribution in [3.63, 3.8) is 0 Å². The number of nitriles is 1. The van der Waals surface area contributed by atoms with Crippen LogP contribution in [0.1, 0.15) is 44.2 Å². The molecule has 1 heterocycles. The minimum atomic E-state index is -1.73. The Morgan fingerprint density at radius 1 is 1.26 bits per heavy atom. The number of rotatable bonds is 4. The van der Waals surface area contributed by atoms with E-state index in [0.717, 1.165) is 6.07 Å². The Labute approximate surface area is 189 Å². The fourth-order valence-electron chi connectivity index (χ4n) is 4.54. The highest BCUT2D eigenvalue weighted by atomic mass is 35.5. The standard InChI is InChI=1S/C23H22Cl2F2N2O2/c1-22(2,3)10-17-23(11-28,14-8-7-12(24)9-16(14)26)18(20(29-17)21(30)31)13-5-4-6-15(25)19(13)27/h4-9,17-18,20,29H,10H2,1-3H3,(H,30,31)/t17-,18-,20-,23+/m1/s1. The van der Waals surface area contributed by atoms with E-state index in [1.807, 2.05) is 20.8 Å². The smallest absolute Gasteiger partial charge is 0.321 e. The summed E-state index contributed by atoms with van der Waals surface area (Å²) in [5.74, 6) is -4.09. The zero-order valence-corrected chi connectivity index (χ0v) is 18.7. The highest BCUT2D eigenvalue weighted by molar-refractivity contribution is 6.31. The number of carboxylic acids is 1. The van der Waals surface area contributed by atoms with Crippen LogP contribution in [0.5, 0.6) is 0 Å². The fraction of sp³-hybridized carbons (Fsp3) is 0.391. The first-order valence-corrected chi connectivity index (χ1v) is 10.5. The highest BCUT2D eigenvalue weighted by Crippen LogP contribution is 2.52. The largest absolute Gasteiger partial charge is 0.480 e. The predicted octanol–water partition coefficient (Wildman–Crippen LogP) is 5.68. The molecule has 1 aliphatic rings. The van der Waals surface area contributed by atoms with Crippen LogP contribution in [0.15, 0.2) is 36.4 Å². The molecule has 8 heteroatoms. The van der Waals surface area contributed by atoms with Gasteiger partial charge < -0.3 is 5.11 Å². The van der Waals surface area contributed by atoms with Crippen LogP contribution in [0.2, 0.25) is 10.0 Å². The van der Waals surface area contributed by atoms with Gasteiger partial charge in [0, 0.05) is 22.5 Å². The van der Waals surface area contributed by atoms with E-state index < -0.39 is 41.0 Å². The number of nitrogens with one attached hydrogen (secondary N) is 1. The van der Waals surface area contributed by atoms with Gasteiger partial charge in [-0.3, -0.25) is 10.1 Å². The lowest BCUT2D eigenvalue weighted by atomic mass is 9.62. The van der Waals surface area contributed by atoms with Crippen LogP contribution in [-0.2, 0) is 10.2 Å². The summed E-state index contributed by atoms with van der Waals surface area (Å²) in [4.78, 5) is 12.2. The normalized spacial score (nSPS) is 25.9. The molecule has 1 aliphatic heterocycles. The number of aliphatic carboxylic acids is 1. The van der Waals surface area contributed by atoms with Gasteiger partial charge in [0.2, 0.25) is 0 Å². The first-order valence-electron chi connectivity index (χ1n) is 9.72. The summed E-state index contributed by atoms with van der Waals surface area (Å²) in [6.07, 6.45) is 0.338. The SMILES string of the molecule is CC(C)(C)C[C@H]1N[C@@H](C(=O)O)[C@@H](c2cccc(Cl)c2F)[C@@]1(C#N)c1ccc(Cl)cc1F. The van der Waals surface area contributed by atoms with Crippen molar-refractivity contribution in [3.8, 4) is 6.07 Å². The van der Waals surface area contributed by atoms with Gasteiger partial charge in [-0.05, 0) is 35.6 Å². The van der Waals surface area contributed by atoms with Crippen molar-refractivity contribution in [2.45, 2.75) is 50.6 Å². The van der Waals surface area contributed by atoms with Gasteiger partial charge in [-0.15, -0.1) is 0 Å². The number of hydrogen-bond acceptors (Lipinski definition) is 3. The molecule has 0 spiro atoms. The lowest BCUT2D eigenvalue weighted by Gasteiger charge is -2.37. The first kappa shape index (κ1) is 23.5. The molecule has 2 N–H and O–H groups in total. The lowest BCUT2D eigenvalue weighted by Crippen LogP contribution is -2.44. The van der Waals surface area contributed by atoms with Crippen LogP contribution in [0, 0.1) is 28.4 Å². The van der Waals surface area contributed by atoms with E-state index >= 15 is 8.78 Å². The zero-order chi connectivity index (χ0) is 23.1. The molecule has 3 rings (SSSR count). The Morgan fingerprint density at radius 3 is 2.48 bits per heavy atom. The molecule has 2 aromatic carbocycles. The van der Waals surface area contributed by atoms with Crippen molar-refractivity contribution >= 4 is 29.2 Å². The molecule has 0 unspecified atom stereocenters. The Hall–Kier alpha value is -2.20. The molecule has 1 fully saturated rings. The van der Waals surface area contributed by atoms with Gasteiger partial charge in [0.15, 0.2) is 0 Å². The second-order valence-electron chi connectivity index (χ2n) is 9.03. The molecule has 0 aliphatic carbocycles. The summed E-state index contributed by atoms with van der Waals surface area (Å²) in [6.45, 7) is 5.79. The molecule has 0 bridgehead atoms. The van der Waals surface area contributed by atoms with E-state index in [0.29, 0.717) is 6.42 Å². The number of hydrogen-bond donors (Lipinski definition) is 2. The van der Waals surface area contributed by atoms with E-state index in [2.05, 4.69) is 11.4 Å². The molecule has 4 nitrogen and oxygen atoms in total. The van der Waals surface area contributed by atoms with Gasteiger partial charge in [-0.2, -0.15) is 5.26 Å². The quantitative estimate of drug-likeness (QED) is 0.607. The van der Waals surface area contributed by atoms with Gasteiger partial charge in [-0.1, -0.05) is 62.2 Å². The van der Waals surface area contributed by atoms with E-state index in [4.69, 9.17) is 23.2 Å². The second kappa shape index (κ2) is 8.38. The Morgan fingerprint density at radius 2 is 1.94 bits per heavy atom. The molecule has 4 atom stereocenters. The van der Waals surface area contributed by atoms with Gasteiger partial charge in [0.05, 0.1) is 11.1 Å². The van der Waals surface area contributed by atoms with Crippen molar-refractivity contribution in [2.75, 3.05) is 0 Å². The van der Waals surface area contributed by atoms with Crippen LogP contribution < -0.4 is 5.32 Å². The number of carbonyl (C=O) groups is 1. The summed E-state index contributed by atoms with van der Waals surface area (Å²) < 4.78 is 30.3. The lowest BCUT2D eigenvalue weighted by molar-refractivity contribution is -0.139. The molecular weight excluding hydrogens is 445 g/mol. The van der Waals surface area contributed by atoms with Crippen LogP contribution in [0.4, 0.5) is 8.78 Å². The maximum Gasteiger partial charge on any atom is 0.321 e. The average molecular weight is 467 g/mol. The molecule has 0 radical (unpaired) electrons. The van der Waals surface area contributed by atoms with Gasteiger partial charge in [-0.25, -0.2) is 8.78 Å². The number of halogens is 4. The minimum absolute atomic E-state index is 0.0331. The summed E-state index contributed by atoms with van der Waals surface area (Å²) in [5, 5.41) is 23.4. The molecule has 0 amide bonds. The Kier molecular flexibility index (Phi) is 6.35. The van der Waals surface area contributed by atoms with Crippen LogP contribution in [0.25, 0.3) is 0 Å². The summed E-state index contributed by atoms with van der Waals surface area (Å²) in [5.41, 5.74) is -2.15. The molecule has 31 heavy (non-hydrogen) atoms. The maximum absolute atomic E-state index is 15.2. The van der Waals surface area contributed by atoms with Gasteiger partial charge in [0.1, 0.15) is 23.1 Å². The zero-order valence-electron chi connectivity index (χ0n) is 17.2. The van der Waals surface area contributed by atoms with Gasteiger partial charge >= 0.3 is 5.97 Å². The van der Waals surface area contributed by atoms with E-state index in [1.165, 1.54) is 30.3 Å². The maximum atomic E-state index is 15.2. The second-order valence-corrected chi connectivity index (χ2v) is 9.87. The van der Waals surface area contributed by atoms with Crippen LogP contribution in [0.3, 0.4) is 0 Å². The third-order valence-electron chi connectivity index (χ3n) is 5.72. The fourth-order valence-corrected chi connectivity index (χ4v) is 4.88. The highest BCUT2D eigenvalue weighted by Gasteiger charge is 2.61. The third-order valence-corrected chi connectivity index (χ3v) is 6.24. The Balaban J connectivity index is 2.38. The molecule has 2 aromatic rings. The number of nitrogens with zero attached hydrogens (tertiary/aromatic N) is 1. The van der Waals surface area contributed by atoms with Crippen molar-refractivity contribution in [1.82, 2.24) is 5.32 Å². The van der Waals surface area contributed by atoms with Gasteiger partial charge in [0.25, 0.3) is 0 Å². The topological polar surface area (TPSA) is 73.1 Å². The summed E-state index contributed by atoms with van der Waals surface area (Å²) in [6, 6.07) is 8.16.